The predicted molar refractivity (Wildman–Crippen MR) is 105 cm³/mol. The molecule has 1 fully saturated rings. The number of carbonyl (C=O) groups is 2. The number of esters is 1. The molecule has 6 nitrogen and oxygen atoms in total. The fraction of sp³-hybridized carbons (Fsp3) is 0.667. The van der Waals surface area contributed by atoms with Gasteiger partial charge in [0.2, 0.25) is 5.91 Å². The largest absolute Gasteiger partial charge is 0.457 e. The first-order chi connectivity index (χ1) is 12.0. The summed E-state index contributed by atoms with van der Waals surface area (Å²) in [7, 11) is -2.01. The van der Waals surface area contributed by atoms with Crippen LogP contribution in [-0.2, 0) is 18.8 Å². The van der Waals surface area contributed by atoms with Gasteiger partial charge in [-0.3, -0.25) is 9.69 Å². The molecule has 0 bridgehead atoms. The molecule has 8 heteroatoms. The summed E-state index contributed by atoms with van der Waals surface area (Å²) >= 11 is 1.35. The Kier molecular flexibility index (Phi) is 6.12. The lowest BCUT2D eigenvalue weighted by Crippen LogP contribution is -2.62. The Balaban J connectivity index is 2.14. The quantitative estimate of drug-likeness (QED) is 0.307. The van der Waals surface area contributed by atoms with Crippen LogP contribution in [0.4, 0.5) is 0 Å². The number of hydrogen-bond donors (Lipinski definition) is 1. The highest BCUT2D eigenvalue weighted by Crippen LogP contribution is 2.51. The van der Waals surface area contributed by atoms with Crippen LogP contribution < -0.4 is 0 Å². The minimum absolute atomic E-state index is 0.0464. The highest BCUT2D eigenvalue weighted by molar-refractivity contribution is 8.04. The van der Waals surface area contributed by atoms with Crippen molar-refractivity contribution in [3.63, 3.8) is 0 Å². The Morgan fingerprint density at radius 2 is 2.08 bits per heavy atom. The maximum Gasteiger partial charge on any atom is 0.356 e. The van der Waals surface area contributed by atoms with Gasteiger partial charge in [-0.25, -0.2) is 4.79 Å². The van der Waals surface area contributed by atoms with Gasteiger partial charge >= 0.3 is 5.97 Å². The molecular weight excluding hydrogens is 370 g/mol. The van der Waals surface area contributed by atoms with Crippen molar-refractivity contribution in [3.05, 3.63) is 23.3 Å². The molecule has 2 rings (SSSR count). The van der Waals surface area contributed by atoms with Crippen LogP contribution in [-0.4, -0.2) is 54.9 Å². The molecule has 0 aromatic rings. The third kappa shape index (κ3) is 3.65. The lowest BCUT2D eigenvalue weighted by atomic mass is 9.92. The van der Waals surface area contributed by atoms with Crippen LogP contribution in [0.5, 0.6) is 0 Å². The van der Waals surface area contributed by atoms with Gasteiger partial charge < -0.3 is 14.3 Å². The van der Waals surface area contributed by atoms with E-state index >= 15 is 0 Å². The Bertz CT molecular complexity index is 640. The van der Waals surface area contributed by atoms with E-state index in [0.29, 0.717) is 4.91 Å². The molecule has 0 spiro atoms. The molecule has 1 amide bonds. The van der Waals surface area contributed by atoms with Crippen LogP contribution in [0.15, 0.2) is 23.3 Å². The summed E-state index contributed by atoms with van der Waals surface area (Å²) in [5, 5.41) is 9.43. The van der Waals surface area contributed by atoms with Gasteiger partial charge in [0.1, 0.15) is 17.7 Å². The maximum atomic E-state index is 12.8. The van der Waals surface area contributed by atoms with Crippen molar-refractivity contribution >= 4 is 32.0 Å². The standard InChI is InChI=1S/C18H29NO5SSi/c1-8-9-23-17(22)14-12(10-20)25-16-13(15(21)19(14)16)11(2)24-26(6,7)18(3,4)5/h8,11,13,16,20H,1,9-10H2,2-7H3/t11?,13-,16+/m0/s1. The number of carbonyl (C=O) groups excluding carboxylic acids is 2. The van der Waals surface area contributed by atoms with E-state index in [-0.39, 0.29) is 47.3 Å². The molecule has 1 N–H and O–H groups in total. The predicted octanol–water partition coefficient (Wildman–Crippen LogP) is 2.86. The fourth-order valence-electron chi connectivity index (χ4n) is 2.86. The zero-order valence-corrected chi connectivity index (χ0v) is 18.2. The van der Waals surface area contributed by atoms with Gasteiger partial charge in [0, 0.05) is 4.91 Å². The Labute approximate surface area is 160 Å². The summed E-state index contributed by atoms with van der Waals surface area (Å²) in [6.45, 7) is 16.0. The van der Waals surface area contributed by atoms with E-state index in [1.807, 2.05) is 6.92 Å². The molecule has 3 atom stereocenters. The molecule has 0 aromatic heterocycles. The van der Waals surface area contributed by atoms with E-state index in [4.69, 9.17) is 9.16 Å². The topological polar surface area (TPSA) is 76.1 Å². The number of aliphatic hydroxyl groups excluding tert-OH is 1. The van der Waals surface area contributed by atoms with E-state index in [0.717, 1.165) is 0 Å². The molecule has 146 valence electrons. The van der Waals surface area contributed by atoms with Gasteiger partial charge in [-0.1, -0.05) is 45.2 Å². The third-order valence-electron chi connectivity index (χ3n) is 5.31. The summed E-state index contributed by atoms with van der Waals surface area (Å²) in [6, 6.07) is 0. The highest BCUT2D eigenvalue weighted by atomic mass is 32.2. The Hall–Kier alpha value is -1.09. The average Bonchev–Trinajstić information content (AvgIpc) is 2.85. The van der Waals surface area contributed by atoms with Gasteiger partial charge in [-0.05, 0) is 25.1 Å². The summed E-state index contributed by atoms with van der Waals surface area (Å²) in [5.41, 5.74) is 0.158. The minimum Gasteiger partial charge on any atom is -0.457 e. The Morgan fingerprint density at radius 1 is 1.46 bits per heavy atom. The SMILES string of the molecule is C=CCOC(=O)C1=C(CO)S[C@@H]2[C@@H](C(C)O[Si](C)(C)C(C)(C)C)C(=O)N12. The fourth-order valence-corrected chi connectivity index (χ4v) is 5.75. The number of nitrogens with zero attached hydrogens (tertiary/aromatic N) is 1. The van der Waals surface area contributed by atoms with E-state index in [1.165, 1.54) is 22.7 Å². The van der Waals surface area contributed by atoms with Crippen LogP contribution in [0.2, 0.25) is 18.1 Å². The normalized spacial score (nSPS) is 24.3. The molecule has 0 radical (unpaired) electrons. The number of thioether (sulfide) groups is 1. The molecule has 26 heavy (non-hydrogen) atoms. The molecule has 2 heterocycles. The first kappa shape index (κ1) is 21.2. The first-order valence-corrected chi connectivity index (χ1v) is 12.5. The zero-order valence-electron chi connectivity index (χ0n) is 16.4. The molecule has 1 saturated heterocycles. The van der Waals surface area contributed by atoms with Crippen LogP contribution in [0.1, 0.15) is 27.7 Å². The van der Waals surface area contributed by atoms with Gasteiger partial charge in [0.25, 0.3) is 0 Å². The molecule has 1 unspecified atom stereocenters. The second kappa shape index (κ2) is 7.50. The molecule has 0 saturated carbocycles. The lowest BCUT2D eigenvalue weighted by Gasteiger charge is -2.48. The summed E-state index contributed by atoms with van der Waals surface area (Å²) in [4.78, 5) is 27.0. The zero-order chi connectivity index (χ0) is 19.9. The molecular formula is C18H29NO5SSi. The highest BCUT2D eigenvalue weighted by Gasteiger charge is 2.59. The van der Waals surface area contributed by atoms with Crippen LogP contribution in [0, 0.1) is 5.92 Å². The third-order valence-corrected chi connectivity index (χ3v) is 11.2. The van der Waals surface area contributed by atoms with E-state index in [2.05, 4.69) is 40.4 Å². The van der Waals surface area contributed by atoms with Crippen molar-refractivity contribution in [2.45, 2.75) is 57.3 Å². The maximum absolute atomic E-state index is 12.8. The second-order valence-electron chi connectivity index (χ2n) is 8.14. The van der Waals surface area contributed by atoms with E-state index in [1.54, 1.807) is 0 Å². The van der Waals surface area contributed by atoms with E-state index < -0.39 is 14.3 Å². The van der Waals surface area contributed by atoms with Crippen LogP contribution in [0.3, 0.4) is 0 Å². The molecule has 0 aliphatic carbocycles. The van der Waals surface area contributed by atoms with Crippen LogP contribution in [0.25, 0.3) is 0 Å². The summed E-state index contributed by atoms with van der Waals surface area (Å²) < 4.78 is 11.5. The van der Waals surface area contributed by atoms with E-state index in [9.17, 15) is 14.7 Å². The summed E-state index contributed by atoms with van der Waals surface area (Å²) in [6.07, 6.45) is 1.22. The van der Waals surface area contributed by atoms with Gasteiger partial charge in [0.05, 0.1) is 18.6 Å². The van der Waals surface area contributed by atoms with Crippen molar-refractivity contribution in [2.24, 2.45) is 5.92 Å². The van der Waals surface area contributed by atoms with Crippen molar-refractivity contribution in [1.82, 2.24) is 4.90 Å². The van der Waals surface area contributed by atoms with Crippen molar-refractivity contribution in [2.75, 3.05) is 13.2 Å². The van der Waals surface area contributed by atoms with Crippen molar-refractivity contribution in [1.29, 1.82) is 0 Å². The number of ether oxygens (including phenoxy) is 1. The average molecular weight is 400 g/mol. The second-order valence-corrected chi connectivity index (χ2v) is 14.1. The number of rotatable bonds is 7. The molecule has 2 aliphatic heterocycles. The van der Waals surface area contributed by atoms with Crippen molar-refractivity contribution < 1.29 is 23.9 Å². The number of fused-ring (bicyclic) bond motifs is 1. The minimum atomic E-state index is -2.01. The smallest absolute Gasteiger partial charge is 0.356 e. The number of aliphatic hydroxyl groups is 1. The van der Waals surface area contributed by atoms with Crippen LogP contribution >= 0.6 is 11.8 Å². The van der Waals surface area contributed by atoms with Gasteiger partial charge in [-0.15, -0.1) is 0 Å². The Morgan fingerprint density at radius 3 is 2.58 bits per heavy atom. The summed E-state index contributed by atoms with van der Waals surface area (Å²) in [5.74, 6) is -1.09. The van der Waals surface area contributed by atoms with Crippen molar-refractivity contribution in [3.8, 4) is 0 Å². The van der Waals surface area contributed by atoms with Gasteiger partial charge in [-0.2, -0.15) is 0 Å². The lowest BCUT2D eigenvalue weighted by molar-refractivity contribution is -0.157. The van der Waals surface area contributed by atoms with Gasteiger partial charge in [0.15, 0.2) is 8.32 Å². The monoisotopic (exact) mass is 399 g/mol. The first-order valence-electron chi connectivity index (χ1n) is 8.76. The molecule has 0 aromatic carbocycles. The number of amides is 1. The number of hydrogen-bond acceptors (Lipinski definition) is 6. The molecule has 2 aliphatic rings. The number of β-lactam (4-membered cyclic amide) rings is 1.